The molecule has 0 unspecified atom stereocenters. The van der Waals surface area contributed by atoms with Gasteiger partial charge in [-0.1, -0.05) is 36.4 Å². The van der Waals surface area contributed by atoms with Crippen molar-refractivity contribution in [1.29, 1.82) is 5.26 Å². The number of nitrogens with zero attached hydrogens (tertiary/aromatic N) is 4. The van der Waals surface area contributed by atoms with Gasteiger partial charge in [-0.3, -0.25) is 9.78 Å². The summed E-state index contributed by atoms with van der Waals surface area (Å²) in [6, 6.07) is 26.9. The SMILES string of the molecule is N#CN1CCC(Cn2c(C(=O)c3ccccn3)ccc2-c2cccc(Oc3ccccc3)c2)CC1. The molecule has 1 saturated heterocycles. The van der Waals surface area contributed by atoms with E-state index < -0.39 is 0 Å². The molecule has 2 aromatic carbocycles. The summed E-state index contributed by atoms with van der Waals surface area (Å²) in [6.45, 7) is 2.21. The summed E-state index contributed by atoms with van der Waals surface area (Å²) in [7, 11) is 0. The quantitative estimate of drug-likeness (QED) is 0.258. The van der Waals surface area contributed by atoms with Crippen LogP contribution in [0.5, 0.6) is 11.5 Å². The number of carbonyl (C=O) groups is 1. The van der Waals surface area contributed by atoms with Crippen molar-refractivity contribution in [2.24, 2.45) is 5.92 Å². The fourth-order valence-electron chi connectivity index (χ4n) is 4.56. The van der Waals surface area contributed by atoms with Crippen molar-refractivity contribution in [3.05, 3.63) is 103 Å². The van der Waals surface area contributed by atoms with Crippen molar-refractivity contribution in [2.45, 2.75) is 19.4 Å². The molecule has 4 aromatic rings. The molecule has 35 heavy (non-hydrogen) atoms. The molecule has 0 radical (unpaired) electrons. The Hall–Kier alpha value is -4.37. The maximum atomic E-state index is 13.4. The van der Waals surface area contributed by atoms with Gasteiger partial charge >= 0.3 is 0 Å². The summed E-state index contributed by atoms with van der Waals surface area (Å²) < 4.78 is 8.17. The van der Waals surface area contributed by atoms with Crippen molar-refractivity contribution in [1.82, 2.24) is 14.5 Å². The third-order valence-corrected chi connectivity index (χ3v) is 6.42. The third kappa shape index (κ3) is 5.10. The Morgan fingerprint density at radius 2 is 1.71 bits per heavy atom. The van der Waals surface area contributed by atoms with E-state index in [4.69, 9.17) is 4.74 Å². The number of nitriles is 1. The second-order valence-electron chi connectivity index (χ2n) is 8.73. The van der Waals surface area contributed by atoms with Crippen LogP contribution in [0, 0.1) is 17.4 Å². The van der Waals surface area contributed by atoms with Crippen LogP contribution in [0.25, 0.3) is 11.3 Å². The van der Waals surface area contributed by atoms with E-state index in [0.717, 1.165) is 48.7 Å². The number of carbonyl (C=O) groups excluding carboxylic acids is 1. The number of para-hydroxylation sites is 1. The smallest absolute Gasteiger partial charge is 0.227 e. The molecule has 1 aliphatic heterocycles. The molecule has 5 rings (SSSR count). The molecular formula is C29H26N4O2. The molecule has 6 nitrogen and oxygen atoms in total. The van der Waals surface area contributed by atoms with Crippen molar-refractivity contribution >= 4 is 5.78 Å². The van der Waals surface area contributed by atoms with E-state index in [9.17, 15) is 10.1 Å². The normalized spacial score (nSPS) is 13.9. The van der Waals surface area contributed by atoms with Crippen LogP contribution in [0.2, 0.25) is 0 Å². The van der Waals surface area contributed by atoms with E-state index in [0.29, 0.717) is 23.9 Å². The molecule has 0 amide bonds. The molecule has 0 spiro atoms. The molecule has 0 atom stereocenters. The van der Waals surface area contributed by atoms with E-state index in [1.54, 1.807) is 17.2 Å². The van der Waals surface area contributed by atoms with Gasteiger partial charge in [0.05, 0.1) is 5.69 Å². The third-order valence-electron chi connectivity index (χ3n) is 6.42. The summed E-state index contributed by atoms with van der Waals surface area (Å²) in [5, 5.41) is 9.21. The standard InChI is InChI=1S/C29H26N4O2/c30-21-32-17-14-22(15-18-32)20-33-27(12-13-28(33)29(34)26-11-4-5-16-31-26)23-7-6-10-25(19-23)35-24-8-2-1-3-9-24/h1-13,16,19,22H,14-15,17-18,20H2. The van der Waals surface area contributed by atoms with Gasteiger partial charge in [0.1, 0.15) is 17.2 Å². The average Bonchev–Trinajstić information content (AvgIpc) is 3.33. The zero-order valence-corrected chi connectivity index (χ0v) is 19.4. The predicted molar refractivity (Wildman–Crippen MR) is 134 cm³/mol. The van der Waals surface area contributed by atoms with Gasteiger partial charge in [-0.25, -0.2) is 0 Å². The molecule has 0 saturated carbocycles. The van der Waals surface area contributed by atoms with Crippen LogP contribution in [0.4, 0.5) is 0 Å². The van der Waals surface area contributed by atoms with E-state index in [-0.39, 0.29) is 5.78 Å². The Kier molecular flexibility index (Phi) is 6.58. The Balaban J connectivity index is 1.49. The lowest BCUT2D eigenvalue weighted by Crippen LogP contribution is -2.32. The number of ketones is 1. The summed E-state index contributed by atoms with van der Waals surface area (Å²) >= 11 is 0. The highest BCUT2D eigenvalue weighted by molar-refractivity contribution is 6.07. The van der Waals surface area contributed by atoms with E-state index in [2.05, 4.69) is 15.7 Å². The van der Waals surface area contributed by atoms with Crippen molar-refractivity contribution in [3.8, 4) is 28.9 Å². The first-order valence-electron chi connectivity index (χ1n) is 11.8. The molecule has 0 aliphatic carbocycles. The minimum Gasteiger partial charge on any atom is -0.457 e. The summed E-state index contributed by atoms with van der Waals surface area (Å²) in [5.74, 6) is 1.80. The first kappa shape index (κ1) is 22.4. The van der Waals surface area contributed by atoms with E-state index >= 15 is 0 Å². The fourth-order valence-corrected chi connectivity index (χ4v) is 4.56. The first-order valence-corrected chi connectivity index (χ1v) is 11.8. The van der Waals surface area contributed by atoms with Gasteiger partial charge < -0.3 is 14.2 Å². The zero-order chi connectivity index (χ0) is 24.0. The molecule has 1 fully saturated rings. The number of ether oxygens (including phenoxy) is 1. The van der Waals surface area contributed by atoms with Crippen LogP contribution in [-0.4, -0.2) is 33.3 Å². The van der Waals surface area contributed by atoms with Crippen LogP contribution in [0.1, 0.15) is 29.0 Å². The van der Waals surface area contributed by atoms with Crippen LogP contribution in [0.3, 0.4) is 0 Å². The molecule has 0 N–H and O–H groups in total. The zero-order valence-electron chi connectivity index (χ0n) is 19.4. The summed E-state index contributed by atoms with van der Waals surface area (Å²) in [4.78, 5) is 19.5. The molecule has 174 valence electrons. The summed E-state index contributed by atoms with van der Waals surface area (Å²) in [6.07, 6.45) is 5.72. The number of pyridine rings is 1. The largest absolute Gasteiger partial charge is 0.457 e. The average molecular weight is 463 g/mol. The van der Waals surface area contributed by atoms with Gasteiger partial charge in [-0.15, -0.1) is 0 Å². The van der Waals surface area contributed by atoms with E-state index in [1.807, 2.05) is 78.9 Å². The second-order valence-corrected chi connectivity index (χ2v) is 8.73. The number of piperidine rings is 1. The molecular weight excluding hydrogens is 436 g/mol. The number of hydrogen-bond acceptors (Lipinski definition) is 5. The Labute approximate surface area is 205 Å². The van der Waals surface area contributed by atoms with Gasteiger partial charge in [0, 0.05) is 37.1 Å². The number of likely N-dealkylation sites (tertiary alicyclic amines) is 1. The van der Waals surface area contributed by atoms with E-state index in [1.165, 1.54) is 0 Å². The molecule has 3 heterocycles. The van der Waals surface area contributed by atoms with Gasteiger partial charge in [0.15, 0.2) is 6.19 Å². The number of benzene rings is 2. The van der Waals surface area contributed by atoms with Crippen LogP contribution < -0.4 is 4.74 Å². The lowest BCUT2D eigenvalue weighted by atomic mass is 9.96. The second kappa shape index (κ2) is 10.3. The number of aromatic nitrogens is 2. The molecule has 6 heteroatoms. The van der Waals surface area contributed by atoms with Crippen LogP contribution in [-0.2, 0) is 6.54 Å². The molecule has 1 aliphatic rings. The minimum atomic E-state index is -0.0944. The molecule has 0 bridgehead atoms. The lowest BCUT2D eigenvalue weighted by molar-refractivity contribution is 0.102. The van der Waals surface area contributed by atoms with Gasteiger partial charge in [-0.2, -0.15) is 5.26 Å². The Morgan fingerprint density at radius 1 is 0.943 bits per heavy atom. The highest BCUT2D eigenvalue weighted by atomic mass is 16.5. The predicted octanol–water partition coefficient (Wildman–Crippen LogP) is 5.77. The van der Waals surface area contributed by atoms with Crippen molar-refractivity contribution in [2.75, 3.05) is 13.1 Å². The monoisotopic (exact) mass is 462 g/mol. The van der Waals surface area contributed by atoms with Crippen LogP contribution >= 0.6 is 0 Å². The van der Waals surface area contributed by atoms with Crippen LogP contribution in [0.15, 0.2) is 91.1 Å². The summed E-state index contributed by atoms with van der Waals surface area (Å²) in [5.41, 5.74) is 2.99. The lowest BCUT2D eigenvalue weighted by Gasteiger charge is -2.29. The number of hydrogen-bond donors (Lipinski definition) is 0. The highest BCUT2D eigenvalue weighted by Gasteiger charge is 2.24. The van der Waals surface area contributed by atoms with Gasteiger partial charge in [0.25, 0.3) is 0 Å². The van der Waals surface area contributed by atoms with Crippen molar-refractivity contribution < 1.29 is 9.53 Å². The molecule has 2 aromatic heterocycles. The first-order chi connectivity index (χ1) is 17.2. The van der Waals surface area contributed by atoms with Crippen molar-refractivity contribution in [3.63, 3.8) is 0 Å². The maximum Gasteiger partial charge on any atom is 0.227 e. The van der Waals surface area contributed by atoms with Gasteiger partial charge in [0.2, 0.25) is 5.78 Å². The Morgan fingerprint density at radius 3 is 2.46 bits per heavy atom. The fraction of sp³-hybridized carbons (Fsp3) is 0.207. The minimum absolute atomic E-state index is 0.0944. The topological polar surface area (TPSA) is 71.2 Å². The van der Waals surface area contributed by atoms with Gasteiger partial charge in [-0.05, 0) is 67.3 Å². The number of rotatable bonds is 7. The Bertz CT molecular complexity index is 1330. The maximum absolute atomic E-state index is 13.4. The highest BCUT2D eigenvalue weighted by Crippen LogP contribution is 2.31.